The van der Waals surface area contributed by atoms with Gasteiger partial charge in [0.15, 0.2) is 0 Å². The van der Waals surface area contributed by atoms with Crippen LogP contribution in [0.1, 0.15) is 35.1 Å². The van der Waals surface area contributed by atoms with Crippen molar-refractivity contribution in [3.05, 3.63) is 58.0 Å². The van der Waals surface area contributed by atoms with Gasteiger partial charge in [0.25, 0.3) is 5.91 Å². The minimum atomic E-state index is -0.672. The topological polar surface area (TPSA) is 61.4 Å². The third kappa shape index (κ3) is 5.87. The zero-order valence-corrected chi connectivity index (χ0v) is 16.8. The number of hydrogen-bond donors (Lipinski definition) is 2. The summed E-state index contributed by atoms with van der Waals surface area (Å²) < 4.78 is 13.0. The van der Waals surface area contributed by atoms with Crippen LogP contribution in [0.4, 0.5) is 4.39 Å². The summed E-state index contributed by atoms with van der Waals surface area (Å²) in [5.74, 6) is -1.13. The molecule has 0 aliphatic rings. The number of halogens is 1. The summed E-state index contributed by atoms with van der Waals surface area (Å²) in [5, 5.41) is 7.71. The summed E-state index contributed by atoms with van der Waals surface area (Å²) in [4.78, 5) is 28.3. The van der Waals surface area contributed by atoms with Crippen LogP contribution < -0.4 is 10.6 Å². The Bertz CT molecular complexity index is 745. The molecular formula is C20H26FN3O2S. The molecule has 7 heteroatoms. The second-order valence-electron chi connectivity index (χ2n) is 6.94. The van der Waals surface area contributed by atoms with Crippen molar-refractivity contribution < 1.29 is 14.0 Å². The Balaban J connectivity index is 2.01. The number of rotatable bonds is 8. The maximum Gasteiger partial charge on any atom is 0.251 e. The summed E-state index contributed by atoms with van der Waals surface area (Å²) in [7, 11) is 3.93. The second kappa shape index (κ2) is 9.62. The van der Waals surface area contributed by atoms with Gasteiger partial charge in [-0.05, 0) is 55.7 Å². The SMILES string of the molecule is CC(C)[C@H](NC(=O)c1ccc(F)cc1)C(=O)NC[C@@H](c1cccs1)N(C)C. The Labute approximate surface area is 163 Å². The summed E-state index contributed by atoms with van der Waals surface area (Å²) in [6, 6.07) is 8.67. The van der Waals surface area contributed by atoms with Gasteiger partial charge in [-0.1, -0.05) is 19.9 Å². The molecule has 0 fully saturated rings. The van der Waals surface area contributed by atoms with Gasteiger partial charge in [0, 0.05) is 17.0 Å². The average molecular weight is 392 g/mol. The van der Waals surface area contributed by atoms with Crippen LogP contribution in [0, 0.1) is 11.7 Å². The molecule has 2 N–H and O–H groups in total. The summed E-state index contributed by atoms with van der Waals surface area (Å²) >= 11 is 1.64. The number of carbonyl (C=O) groups excluding carboxylic acids is 2. The van der Waals surface area contributed by atoms with E-state index in [4.69, 9.17) is 0 Å². The van der Waals surface area contributed by atoms with E-state index in [1.54, 1.807) is 11.3 Å². The molecule has 0 aliphatic heterocycles. The molecule has 0 aliphatic carbocycles. The first-order valence-electron chi connectivity index (χ1n) is 8.83. The molecular weight excluding hydrogens is 365 g/mol. The molecule has 0 saturated carbocycles. The molecule has 0 unspecified atom stereocenters. The fraction of sp³-hybridized carbons (Fsp3) is 0.400. The quantitative estimate of drug-likeness (QED) is 0.727. The number of thiophene rings is 1. The molecule has 0 saturated heterocycles. The highest BCUT2D eigenvalue weighted by Crippen LogP contribution is 2.22. The first-order chi connectivity index (χ1) is 12.8. The molecule has 27 heavy (non-hydrogen) atoms. The van der Waals surface area contributed by atoms with Crippen LogP contribution in [0.5, 0.6) is 0 Å². The normalized spacial score (nSPS) is 13.4. The van der Waals surface area contributed by atoms with Crippen molar-refractivity contribution >= 4 is 23.2 Å². The molecule has 2 rings (SSSR count). The van der Waals surface area contributed by atoms with Crippen LogP contribution in [-0.4, -0.2) is 43.4 Å². The summed E-state index contributed by atoms with van der Waals surface area (Å²) in [6.07, 6.45) is 0. The average Bonchev–Trinajstić information content (AvgIpc) is 3.13. The Morgan fingerprint density at radius 3 is 2.33 bits per heavy atom. The maximum atomic E-state index is 13.0. The van der Waals surface area contributed by atoms with Crippen LogP contribution in [0.2, 0.25) is 0 Å². The minimum absolute atomic E-state index is 0.0644. The van der Waals surface area contributed by atoms with Gasteiger partial charge >= 0.3 is 0 Å². The lowest BCUT2D eigenvalue weighted by Crippen LogP contribution is -2.50. The molecule has 2 aromatic rings. The molecule has 2 atom stereocenters. The van der Waals surface area contributed by atoms with E-state index in [1.807, 2.05) is 50.4 Å². The lowest BCUT2D eigenvalue weighted by atomic mass is 10.0. The number of nitrogens with one attached hydrogen (secondary N) is 2. The largest absolute Gasteiger partial charge is 0.352 e. The molecule has 2 amide bonds. The monoisotopic (exact) mass is 391 g/mol. The van der Waals surface area contributed by atoms with Gasteiger partial charge in [0.1, 0.15) is 11.9 Å². The number of benzene rings is 1. The van der Waals surface area contributed by atoms with Gasteiger partial charge in [-0.2, -0.15) is 0 Å². The first kappa shape index (κ1) is 21.1. The zero-order valence-electron chi connectivity index (χ0n) is 16.0. The van der Waals surface area contributed by atoms with Crippen molar-refractivity contribution in [3.8, 4) is 0 Å². The molecule has 1 aromatic carbocycles. The van der Waals surface area contributed by atoms with Crippen molar-refractivity contribution in [2.24, 2.45) is 5.92 Å². The molecule has 0 radical (unpaired) electrons. The second-order valence-corrected chi connectivity index (χ2v) is 7.92. The predicted molar refractivity (Wildman–Crippen MR) is 106 cm³/mol. The van der Waals surface area contributed by atoms with E-state index in [1.165, 1.54) is 24.3 Å². The van der Waals surface area contributed by atoms with E-state index >= 15 is 0 Å². The lowest BCUT2D eigenvalue weighted by Gasteiger charge is -2.26. The Kier molecular flexibility index (Phi) is 7.50. The summed E-state index contributed by atoms with van der Waals surface area (Å²) in [6.45, 7) is 4.19. The highest BCUT2D eigenvalue weighted by Gasteiger charge is 2.26. The Morgan fingerprint density at radius 1 is 1.15 bits per heavy atom. The standard InChI is InChI=1S/C20H26FN3O2S/c1-13(2)18(23-19(25)14-7-9-15(21)10-8-14)20(26)22-12-16(24(3)4)17-6-5-11-27-17/h5-11,13,16,18H,12H2,1-4H3,(H,22,26)(H,23,25)/t16-,18-/m0/s1. The van der Waals surface area contributed by atoms with E-state index in [-0.39, 0.29) is 17.9 Å². The summed E-state index contributed by atoms with van der Waals surface area (Å²) in [5.41, 5.74) is 0.319. The first-order valence-corrected chi connectivity index (χ1v) is 9.71. The van der Waals surface area contributed by atoms with Gasteiger partial charge < -0.3 is 15.5 Å². The van der Waals surface area contributed by atoms with Gasteiger partial charge in [-0.3, -0.25) is 9.59 Å². The van der Waals surface area contributed by atoms with Crippen LogP contribution in [0.25, 0.3) is 0 Å². The smallest absolute Gasteiger partial charge is 0.251 e. The number of amides is 2. The van der Waals surface area contributed by atoms with Gasteiger partial charge in [0.05, 0.1) is 6.04 Å². The van der Waals surface area contributed by atoms with Gasteiger partial charge in [0.2, 0.25) is 5.91 Å². The highest BCUT2D eigenvalue weighted by atomic mass is 32.1. The van der Waals surface area contributed by atoms with E-state index in [2.05, 4.69) is 10.6 Å². The highest BCUT2D eigenvalue weighted by molar-refractivity contribution is 7.10. The number of likely N-dealkylation sites (N-methyl/N-ethyl adjacent to an activating group) is 1. The fourth-order valence-corrected chi connectivity index (χ4v) is 3.61. The molecule has 0 bridgehead atoms. The van der Waals surface area contributed by atoms with Crippen molar-refractivity contribution in [2.75, 3.05) is 20.6 Å². The number of hydrogen-bond acceptors (Lipinski definition) is 4. The van der Waals surface area contributed by atoms with Crippen molar-refractivity contribution in [2.45, 2.75) is 25.9 Å². The van der Waals surface area contributed by atoms with Gasteiger partial charge in [-0.25, -0.2) is 4.39 Å². The lowest BCUT2D eigenvalue weighted by molar-refractivity contribution is -0.124. The van der Waals surface area contributed by atoms with Crippen LogP contribution in [0.3, 0.4) is 0 Å². The van der Waals surface area contributed by atoms with Crippen LogP contribution in [-0.2, 0) is 4.79 Å². The van der Waals surface area contributed by atoms with Crippen molar-refractivity contribution in [1.29, 1.82) is 0 Å². The minimum Gasteiger partial charge on any atom is -0.352 e. The van der Waals surface area contributed by atoms with E-state index in [9.17, 15) is 14.0 Å². The van der Waals surface area contributed by atoms with Crippen LogP contribution >= 0.6 is 11.3 Å². The third-order valence-electron chi connectivity index (χ3n) is 4.31. The predicted octanol–water partition coefficient (Wildman–Crippen LogP) is 3.06. The molecule has 5 nitrogen and oxygen atoms in total. The number of carbonyl (C=O) groups is 2. The van der Waals surface area contributed by atoms with Gasteiger partial charge in [-0.15, -0.1) is 11.3 Å². The number of nitrogens with zero attached hydrogens (tertiary/aromatic N) is 1. The van der Waals surface area contributed by atoms with E-state index in [0.29, 0.717) is 12.1 Å². The van der Waals surface area contributed by atoms with E-state index in [0.717, 1.165) is 4.88 Å². The van der Waals surface area contributed by atoms with Crippen molar-refractivity contribution in [3.63, 3.8) is 0 Å². The molecule has 1 aromatic heterocycles. The molecule has 0 spiro atoms. The third-order valence-corrected chi connectivity index (χ3v) is 5.28. The van der Waals surface area contributed by atoms with E-state index < -0.39 is 17.8 Å². The van der Waals surface area contributed by atoms with Crippen LogP contribution in [0.15, 0.2) is 41.8 Å². The van der Waals surface area contributed by atoms with Crippen molar-refractivity contribution in [1.82, 2.24) is 15.5 Å². The Morgan fingerprint density at radius 2 is 1.81 bits per heavy atom. The molecule has 1 heterocycles. The molecule has 146 valence electrons. The maximum absolute atomic E-state index is 13.0. The zero-order chi connectivity index (χ0) is 20.0. The Hall–Kier alpha value is -2.25. The fourth-order valence-electron chi connectivity index (χ4n) is 2.69.